The van der Waals surface area contributed by atoms with Crippen LogP contribution in [-0.2, 0) is 11.3 Å². The lowest BCUT2D eigenvalue weighted by molar-refractivity contribution is -0.133. The van der Waals surface area contributed by atoms with Gasteiger partial charge in [0, 0.05) is 18.3 Å². The van der Waals surface area contributed by atoms with E-state index in [1.807, 2.05) is 17.4 Å². The number of hydrogen-bond acceptors (Lipinski definition) is 4. The van der Waals surface area contributed by atoms with Crippen LogP contribution in [0.1, 0.15) is 43.0 Å². The van der Waals surface area contributed by atoms with Gasteiger partial charge in [-0.2, -0.15) is 8.78 Å². The summed E-state index contributed by atoms with van der Waals surface area (Å²) in [6, 6.07) is 9.21. The Morgan fingerprint density at radius 1 is 1.03 bits per heavy atom. The summed E-state index contributed by atoms with van der Waals surface area (Å²) < 4.78 is 37.9. The van der Waals surface area contributed by atoms with Gasteiger partial charge in [-0.25, -0.2) is 4.39 Å². The van der Waals surface area contributed by atoms with E-state index in [1.165, 1.54) is 25.7 Å². The largest absolute Gasteiger partial charge is 0.386 e. The highest BCUT2D eigenvalue weighted by Gasteiger charge is 2.26. The second kappa shape index (κ2) is 11.2. The van der Waals surface area contributed by atoms with Crippen molar-refractivity contribution in [2.24, 2.45) is 0 Å². The molecule has 31 heavy (non-hydrogen) atoms. The van der Waals surface area contributed by atoms with Crippen LogP contribution in [0.4, 0.5) is 13.2 Å². The molecule has 168 valence electrons. The van der Waals surface area contributed by atoms with Gasteiger partial charge in [0.2, 0.25) is 0 Å². The Morgan fingerprint density at radius 2 is 1.68 bits per heavy atom. The standard InChI is InChI=1S/C23H28F3N3O2/c24-13-20(28-23(31)22(25)26)21(30)17-7-5-16(6-8-17)18-9-10-19(27-14-18)15-29-11-3-1-2-4-12-29/h5-10,14,20-22,30H,1-4,11-13,15H2,(H,28,31). The van der Waals surface area contributed by atoms with Crippen LogP contribution in [-0.4, -0.2) is 53.1 Å². The van der Waals surface area contributed by atoms with Crippen molar-refractivity contribution in [3.63, 3.8) is 0 Å². The zero-order valence-corrected chi connectivity index (χ0v) is 17.3. The van der Waals surface area contributed by atoms with Crippen LogP contribution in [0.3, 0.4) is 0 Å². The Bertz CT molecular complexity index is 823. The van der Waals surface area contributed by atoms with E-state index in [9.17, 15) is 23.1 Å². The molecule has 8 heteroatoms. The minimum atomic E-state index is -3.27. The Morgan fingerprint density at radius 3 is 2.23 bits per heavy atom. The topological polar surface area (TPSA) is 65.5 Å². The third-order valence-electron chi connectivity index (χ3n) is 5.57. The molecule has 0 aliphatic carbocycles. The molecule has 1 aliphatic heterocycles. The maximum Gasteiger partial charge on any atom is 0.315 e. The van der Waals surface area contributed by atoms with E-state index in [4.69, 9.17) is 0 Å². The number of carbonyl (C=O) groups excluding carboxylic acids is 1. The van der Waals surface area contributed by atoms with Gasteiger partial charge in [0.1, 0.15) is 12.8 Å². The third kappa shape index (κ3) is 6.51. The molecule has 0 spiro atoms. The Hall–Kier alpha value is -2.45. The lowest BCUT2D eigenvalue weighted by atomic mass is 9.99. The highest BCUT2D eigenvalue weighted by Crippen LogP contribution is 2.24. The number of aliphatic hydroxyl groups is 1. The molecule has 3 rings (SSSR count). The number of pyridine rings is 1. The van der Waals surface area contributed by atoms with Crippen molar-refractivity contribution in [1.29, 1.82) is 0 Å². The molecule has 1 amide bonds. The molecular weight excluding hydrogens is 407 g/mol. The summed E-state index contributed by atoms with van der Waals surface area (Å²) in [6.07, 6.45) is 2.13. The van der Waals surface area contributed by atoms with Crippen LogP contribution in [0.15, 0.2) is 42.6 Å². The second-order valence-corrected chi connectivity index (χ2v) is 7.87. The van der Waals surface area contributed by atoms with E-state index in [2.05, 4.69) is 9.88 Å². The highest BCUT2D eigenvalue weighted by molar-refractivity contribution is 5.79. The summed E-state index contributed by atoms with van der Waals surface area (Å²) in [5, 5.41) is 12.1. The van der Waals surface area contributed by atoms with E-state index in [-0.39, 0.29) is 0 Å². The number of rotatable bonds is 8. The summed E-state index contributed by atoms with van der Waals surface area (Å²) in [5.41, 5.74) is 3.09. The molecule has 0 bridgehead atoms. The monoisotopic (exact) mass is 435 g/mol. The number of hydrogen-bond donors (Lipinski definition) is 2. The summed E-state index contributed by atoms with van der Waals surface area (Å²) in [5.74, 6) is -1.61. The summed E-state index contributed by atoms with van der Waals surface area (Å²) in [6.45, 7) is 1.87. The van der Waals surface area contributed by atoms with Crippen molar-refractivity contribution in [2.45, 2.75) is 50.8 Å². The van der Waals surface area contributed by atoms with Crippen LogP contribution < -0.4 is 5.32 Å². The summed E-state index contributed by atoms with van der Waals surface area (Å²) in [4.78, 5) is 18.1. The van der Waals surface area contributed by atoms with Crippen molar-refractivity contribution in [3.05, 3.63) is 53.9 Å². The molecule has 2 N–H and O–H groups in total. The van der Waals surface area contributed by atoms with Crippen LogP contribution >= 0.6 is 0 Å². The molecule has 2 atom stereocenters. The number of benzene rings is 1. The first-order valence-corrected chi connectivity index (χ1v) is 10.6. The van der Waals surface area contributed by atoms with Crippen molar-refractivity contribution in [3.8, 4) is 11.1 Å². The average Bonchev–Trinajstić information content (AvgIpc) is 3.06. The van der Waals surface area contributed by atoms with Gasteiger partial charge >= 0.3 is 6.43 Å². The molecule has 5 nitrogen and oxygen atoms in total. The maximum atomic E-state index is 13.2. The van der Waals surface area contributed by atoms with Crippen molar-refractivity contribution < 1.29 is 23.1 Å². The molecular formula is C23H28F3N3O2. The van der Waals surface area contributed by atoms with E-state index in [1.54, 1.807) is 30.5 Å². The maximum absolute atomic E-state index is 13.2. The fourth-order valence-electron chi connectivity index (χ4n) is 3.76. The molecule has 2 heterocycles. The van der Waals surface area contributed by atoms with Crippen molar-refractivity contribution >= 4 is 5.91 Å². The highest BCUT2D eigenvalue weighted by atomic mass is 19.3. The fourth-order valence-corrected chi connectivity index (χ4v) is 3.76. The predicted octanol–water partition coefficient (Wildman–Crippen LogP) is 3.88. The number of nitrogens with one attached hydrogen (secondary N) is 1. The minimum absolute atomic E-state index is 0.326. The first-order chi connectivity index (χ1) is 15.0. The second-order valence-electron chi connectivity index (χ2n) is 7.87. The molecule has 0 radical (unpaired) electrons. The lowest BCUT2D eigenvalue weighted by Crippen LogP contribution is -2.43. The van der Waals surface area contributed by atoms with Crippen LogP contribution in [0.25, 0.3) is 11.1 Å². The van der Waals surface area contributed by atoms with Crippen LogP contribution in [0, 0.1) is 0 Å². The number of alkyl halides is 3. The number of amides is 1. The van der Waals surface area contributed by atoms with E-state index < -0.39 is 31.2 Å². The molecule has 2 aromatic rings. The van der Waals surface area contributed by atoms with Gasteiger partial charge in [0.15, 0.2) is 0 Å². The van der Waals surface area contributed by atoms with Crippen LogP contribution in [0.2, 0.25) is 0 Å². The number of nitrogens with zero attached hydrogens (tertiary/aromatic N) is 2. The molecule has 1 fully saturated rings. The summed E-state index contributed by atoms with van der Waals surface area (Å²) >= 11 is 0. The van der Waals surface area contributed by atoms with Crippen LogP contribution in [0.5, 0.6) is 0 Å². The van der Waals surface area contributed by atoms with Gasteiger partial charge in [-0.3, -0.25) is 14.7 Å². The van der Waals surface area contributed by atoms with Gasteiger partial charge in [-0.15, -0.1) is 0 Å². The first-order valence-electron chi connectivity index (χ1n) is 10.6. The van der Waals surface area contributed by atoms with Gasteiger partial charge in [-0.05, 0) is 43.1 Å². The number of aromatic nitrogens is 1. The molecule has 1 aromatic carbocycles. The van der Waals surface area contributed by atoms with E-state index in [0.717, 1.165) is 36.5 Å². The zero-order valence-electron chi connectivity index (χ0n) is 17.3. The third-order valence-corrected chi connectivity index (χ3v) is 5.57. The lowest BCUT2D eigenvalue weighted by Gasteiger charge is -2.22. The average molecular weight is 435 g/mol. The number of likely N-dealkylation sites (tertiary alicyclic amines) is 1. The van der Waals surface area contributed by atoms with Gasteiger partial charge < -0.3 is 10.4 Å². The first kappa shape index (κ1) is 23.2. The zero-order chi connectivity index (χ0) is 22.2. The summed E-state index contributed by atoms with van der Waals surface area (Å²) in [7, 11) is 0. The minimum Gasteiger partial charge on any atom is -0.386 e. The van der Waals surface area contributed by atoms with Gasteiger partial charge in [-0.1, -0.05) is 43.2 Å². The van der Waals surface area contributed by atoms with Crippen molar-refractivity contribution in [1.82, 2.24) is 15.2 Å². The Balaban J connectivity index is 1.63. The van der Waals surface area contributed by atoms with E-state index in [0.29, 0.717) is 5.56 Å². The molecule has 2 unspecified atom stereocenters. The Kier molecular flexibility index (Phi) is 8.43. The normalized spacial score (nSPS) is 17.2. The molecule has 1 saturated heterocycles. The molecule has 1 aromatic heterocycles. The van der Waals surface area contributed by atoms with E-state index >= 15 is 0 Å². The molecule has 0 saturated carbocycles. The number of aliphatic hydroxyl groups excluding tert-OH is 1. The fraction of sp³-hybridized carbons (Fsp3) is 0.478. The molecule has 1 aliphatic rings. The Labute approximate surface area is 180 Å². The smallest absolute Gasteiger partial charge is 0.315 e. The van der Waals surface area contributed by atoms with Crippen molar-refractivity contribution in [2.75, 3.05) is 19.8 Å². The number of carbonyl (C=O) groups is 1. The SMILES string of the molecule is O=C(NC(CF)C(O)c1ccc(-c2ccc(CN3CCCCCC3)nc2)cc1)C(F)F. The van der Waals surface area contributed by atoms with Gasteiger partial charge in [0.05, 0.1) is 11.7 Å². The number of halogens is 3. The quantitative estimate of drug-likeness (QED) is 0.661. The van der Waals surface area contributed by atoms with Gasteiger partial charge in [0.25, 0.3) is 5.91 Å². The predicted molar refractivity (Wildman–Crippen MR) is 112 cm³/mol.